The summed E-state index contributed by atoms with van der Waals surface area (Å²) in [6, 6.07) is 3.21. The fraction of sp³-hybridized carbons (Fsp3) is 0.500. The number of fused-ring (bicyclic) bond motifs is 2. The molecule has 2 aliphatic rings. The minimum atomic E-state index is -0.716. The number of halogens is 2. The third-order valence-electron chi connectivity index (χ3n) is 4.26. The molecule has 0 aromatic heterocycles. The van der Waals surface area contributed by atoms with Gasteiger partial charge in [-0.3, -0.25) is 4.79 Å². The Morgan fingerprint density at radius 1 is 1.22 bits per heavy atom. The fourth-order valence-electron chi connectivity index (χ4n) is 3.38. The van der Waals surface area contributed by atoms with E-state index >= 15 is 0 Å². The average molecular weight is 251 g/mol. The highest BCUT2D eigenvalue weighted by atomic mass is 19.1. The van der Waals surface area contributed by atoms with E-state index in [1.807, 2.05) is 0 Å². The average Bonchev–Trinajstić information content (AvgIpc) is 2.94. The standard InChI is InChI=1S/C14H15F2NO/c15-10-3-4-13(12(16)7-10)17-14(18)11-6-8-1-2-9(11)5-8/h3-4,7-9,11H,1-2,5-6H2,(H,17,18)/t8-,9+,11+/m1/s1. The summed E-state index contributed by atoms with van der Waals surface area (Å²) in [5, 5.41) is 2.58. The second-order valence-electron chi connectivity index (χ2n) is 5.39. The molecule has 1 aromatic rings. The first-order valence-electron chi connectivity index (χ1n) is 6.39. The van der Waals surface area contributed by atoms with Gasteiger partial charge in [0.05, 0.1) is 5.69 Å². The van der Waals surface area contributed by atoms with E-state index < -0.39 is 11.6 Å². The highest BCUT2D eigenvalue weighted by molar-refractivity contribution is 5.93. The predicted octanol–water partition coefficient (Wildman–Crippen LogP) is 3.34. The Labute approximate surface area is 104 Å². The predicted molar refractivity (Wildman–Crippen MR) is 63.9 cm³/mol. The van der Waals surface area contributed by atoms with Crippen molar-refractivity contribution < 1.29 is 13.6 Å². The molecule has 0 aliphatic heterocycles. The van der Waals surface area contributed by atoms with Gasteiger partial charge in [-0.2, -0.15) is 0 Å². The molecule has 2 aliphatic carbocycles. The molecule has 0 unspecified atom stereocenters. The van der Waals surface area contributed by atoms with Crippen LogP contribution in [0.15, 0.2) is 18.2 Å². The van der Waals surface area contributed by atoms with Gasteiger partial charge in [0.2, 0.25) is 5.91 Å². The van der Waals surface area contributed by atoms with Crippen LogP contribution in [0.3, 0.4) is 0 Å². The minimum Gasteiger partial charge on any atom is -0.323 e. The first-order valence-corrected chi connectivity index (χ1v) is 6.39. The van der Waals surface area contributed by atoms with Crippen LogP contribution in [-0.4, -0.2) is 5.91 Å². The summed E-state index contributed by atoms with van der Waals surface area (Å²) in [6.07, 6.45) is 4.37. The molecule has 3 atom stereocenters. The summed E-state index contributed by atoms with van der Waals surface area (Å²) in [5.74, 6) is -0.333. The zero-order valence-electron chi connectivity index (χ0n) is 9.96. The number of anilines is 1. The number of hydrogen-bond donors (Lipinski definition) is 1. The van der Waals surface area contributed by atoms with Crippen molar-refractivity contribution in [3.63, 3.8) is 0 Å². The zero-order valence-corrected chi connectivity index (χ0v) is 9.96. The van der Waals surface area contributed by atoms with Crippen LogP contribution in [0.25, 0.3) is 0 Å². The molecular weight excluding hydrogens is 236 g/mol. The van der Waals surface area contributed by atoms with Crippen LogP contribution in [0.1, 0.15) is 25.7 Å². The highest BCUT2D eigenvalue weighted by Gasteiger charge is 2.43. The lowest BCUT2D eigenvalue weighted by atomic mass is 9.88. The normalized spacial score (nSPS) is 29.6. The smallest absolute Gasteiger partial charge is 0.227 e. The van der Waals surface area contributed by atoms with Crippen LogP contribution < -0.4 is 5.32 Å². The molecule has 2 nitrogen and oxygen atoms in total. The van der Waals surface area contributed by atoms with Crippen LogP contribution in [0, 0.1) is 29.4 Å². The summed E-state index contributed by atoms with van der Waals surface area (Å²) < 4.78 is 26.2. The van der Waals surface area contributed by atoms with Crippen molar-refractivity contribution in [3.05, 3.63) is 29.8 Å². The van der Waals surface area contributed by atoms with E-state index in [0.29, 0.717) is 11.8 Å². The lowest BCUT2D eigenvalue weighted by Crippen LogP contribution is -2.27. The van der Waals surface area contributed by atoms with Crippen LogP contribution in [0.2, 0.25) is 0 Å². The van der Waals surface area contributed by atoms with Crippen molar-refractivity contribution in [2.24, 2.45) is 17.8 Å². The Balaban J connectivity index is 1.71. The van der Waals surface area contributed by atoms with Gasteiger partial charge < -0.3 is 5.32 Å². The maximum absolute atomic E-state index is 13.4. The first-order chi connectivity index (χ1) is 8.63. The molecule has 1 N–H and O–H groups in total. The Morgan fingerprint density at radius 3 is 2.67 bits per heavy atom. The van der Waals surface area contributed by atoms with Crippen LogP contribution >= 0.6 is 0 Å². The summed E-state index contributed by atoms with van der Waals surface area (Å²) in [6.45, 7) is 0. The van der Waals surface area contributed by atoms with Gasteiger partial charge >= 0.3 is 0 Å². The zero-order chi connectivity index (χ0) is 12.7. The molecule has 4 heteroatoms. The van der Waals surface area contributed by atoms with Crippen molar-refractivity contribution in [2.75, 3.05) is 5.32 Å². The van der Waals surface area contributed by atoms with E-state index in [2.05, 4.69) is 5.32 Å². The molecule has 0 radical (unpaired) electrons. The van der Waals surface area contributed by atoms with Crippen molar-refractivity contribution in [1.29, 1.82) is 0 Å². The van der Waals surface area contributed by atoms with Crippen molar-refractivity contribution in [2.45, 2.75) is 25.7 Å². The minimum absolute atomic E-state index is 0.00760. The Morgan fingerprint density at radius 2 is 2.06 bits per heavy atom. The molecule has 2 fully saturated rings. The maximum atomic E-state index is 13.4. The quantitative estimate of drug-likeness (QED) is 0.858. The van der Waals surface area contributed by atoms with Gasteiger partial charge in [0.1, 0.15) is 11.6 Å². The molecule has 0 heterocycles. The lowest BCUT2D eigenvalue weighted by molar-refractivity contribution is -0.121. The van der Waals surface area contributed by atoms with Crippen LogP contribution in [-0.2, 0) is 4.79 Å². The summed E-state index contributed by atoms with van der Waals surface area (Å²) in [5.41, 5.74) is 0.0733. The van der Waals surface area contributed by atoms with Gasteiger partial charge in [0, 0.05) is 12.0 Å². The Hall–Kier alpha value is -1.45. The van der Waals surface area contributed by atoms with Gasteiger partial charge in [0.25, 0.3) is 0 Å². The fourth-order valence-corrected chi connectivity index (χ4v) is 3.38. The van der Waals surface area contributed by atoms with Crippen molar-refractivity contribution in [1.82, 2.24) is 0 Å². The van der Waals surface area contributed by atoms with Gasteiger partial charge in [-0.1, -0.05) is 6.42 Å². The molecule has 2 bridgehead atoms. The van der Waals surface area contributed by atoms with E-state index in [1.54, 1.807) is 0 Å². The van der Waals surface area contributed by atoms with Crippen molar-refractivity contribution in [3.8, 4) is 0 Å². The highest BCUT2D eigenvalue weighted by Crippen LogP contribution is 2.48. The van der Waals surface area contributed by atoms with E-state index in [1.165, 1.54) is 12.5 Å². The molecule has 0 saturated heterocycles. The molecule has 18 heavy (non-hydrogen) atoms. The monoisotopic (exact) mass is 251 g/mol. The van der Waals surface area contributed by atoms with E-state index in [4.69, 9.17) is 0 Å². The largest absolute Gasteiger partial charge is 0.323 e. The molecule has 3 rings (SSSR count). The number of carbonyl (C=O) groups is 1. The summed E-state index contributed by atoms with van der Waals surface area (Å²) >= 11 is 0. The first kappa shape index (κ1) is 11.6. The number of benzene rings is 1. The molecular formula is C14H15F2NO. The topological polar surface area (TPSA) is 29.1 Å². The number of carbonyl (C=O) groups excluding carboxylic acids is 1. The van der Waals surface area contributed by atoms with Crippen molar-refractivity contribution >= 4 is 11.6 Å². The van der Waals surface area contributed by atoms with Crippen LogP contribution in [0.4, 0.5) is 14.5 Å². The summed E-state index contributed by atoms with van der Waals surface area (Å²) in [4.78, 5) is 12.1. The van der Waals surface area contributed by atoms with E-state index in [0.717, 1.165) is 31.4 Å². The maximum Gasteiger partial charge on any atom is 0.227 e. The van der Waals surface area contributed by atoms with Gasteiger partial charge in [-0.05, 0) is 43.2 Å². The molecule has 1 amide bonds. The molecule has 1 aromatic carbocycles. The van der Waals surface area contributed by atoms with Gasteiger partial charge in [-0.15, -0.1) is 0 Å². The van der Waals surface area contributed by atoms with Gasteiger partial charge in [-0.25, -0.2) is 8.78 Å². The second-order valence-corrected chi connectivity index (χ2v) is 5.39. The van der Waals surface area contributed by atoms with E-state index in [-0.39, 0.29) is 17.5 Å². The number of nitrogens with one attached hydrogen (secondary N) is 1. The van der Waals surface area contributed by atoms with E-state index in [9.17, 15) is 13.6 Å². The van der Waals surface area contributed by atoms with Crippen LogP contribution in [0.5, 0.6) is 0 Å². The molecule has 0 spiro atoms. The third-order valence-corrected chi connectivity index (χ3v) is 4.26. The second kappa shape index (κ2) is 4.34. The lowest BCUT2D eigenvalue weighted by Gasteiger charge is -2.20. The summed E-state index contributed by atoms with van der Waals surface area (Å²) in [7, 11) is 0. The molecule has 2 saturated carbocycles. The number of hydrogen-bond acceptors (Lipinski definition) is 1. The number of amides is 1. The third kappa shape index (κ3) is 2.00. The SMILES string of the molecule is O=C(Nc1ccc(F)cc1F)[C@H]1C[C@@H]2CC[C@H]1C2. The Bertz CT molecular complexity index is 489. The van der Waals surface area contributed by atoms with Gasteiger partial charge in [0.15, 0.2) is 0 Å². The Kier molecular flexibility index (Phi) is 2.80. The molecule has 96 valence electrons. The number of rotatable bonds is 2.